The minimum absolute atomic E-state index is 0.278. The van der Waals surface area contributed by atoms with E-state index < -0.39 is 11.4 Å². The second-order valence-corrected chi connectivity index (χ2v) is 4.71. The van der Waals surface area contributed by atoms with Gasteiger partial charge in [-0.3, -0.25) is 4.79 Å². The molecule has 0 saturated carbocycles. The van der Waals surface area contributed by atoms with Gasteiger partial charge < -0.3 is 14.6 Å². The quantitative estimate of drug-likeness (QED) is 0.889. The molecule has 2 unspecified atom stereocenters. The van der Waals surface area contributed by atoms with Crippen LogP contribution in [0, 0.1) is 5.41 Å². The van der Waals surface area contributed by atoms with Crippen LogP contribution < -0.4 is 4.74 Å². The second kappa shape index (κ2) is 4.98. The van der Waals surface area contributed by atoms with E-state index in [4.69, 9.17) is 9.47 Å². The summed E-state index contributed by atoms with van der Waals surface area (Å²) >= 11 is 0. The first-order valence-electron chi connectivity index (χ1n) is 6.07. The molecular weight excluding hydrogens is 232 g/mol. The largest absolute Gasteiger partial charge is 0.496 e. The fourth-order valence-electron chi connectivity index (χ4n) is 2.56. The van der Waals surface area contributed by atoms with Gasteiger partial charge in [0.1, 0.15) is 5.75 Å². The topological polar surface area (TPSA) is 55.8 Å². The highest BCUT2D eigenvalue weighted by Crippen LogP contribution is 2.40. The first-order chi connectivity index (χ1) is 8.60. The molecule has 0 bridgehead atoms. The number of methoxy groups -OCH3 is 1. The van der Waals surface area contributed by atoms with E-state index in [9.17, 15) is 9.90 Å². The molecule has 4 heteroatoms. The fourth-order valence-corrected chi connectivity index (χ4v) is 2.56. The van der Waals surface area contributed by atoms with Crippen molar-refractivity contribution in [3.63, 3.8) is 0 Å². The highest BCUT2D eigenvalue weighted by molar-refractivity contribution is 5.76. The zero-order valence-electron chi connectivity index (χ0n) is 10.7. The number of rotatable bonds is 4. The van der Waals surface area contributed by atoms with Crippen molar-refractivity contribution in [2.45, 2.75) is 25.9 Å². The molecule has 18 heavy (non-hydrogen) atoms. The summed E-state index contributed by atoms with van der Waals surface area (Å²) in [5.74, 6) is -0.0596. The molecule has 1 aliphatic heterocycles. The van der Waals surface area contributed by atoms with Gasteiger partial charge in [-0.25, -0.2) is 0 Å². The molecule has 0 aliphatic carbocycles. The SMILES string of the molecule is COc1ccccc1CC1(C(=O)O)CCOC1C. The van der Waals surface area contributed by atoms with Gasteiger partial charge in [0.15, 0.2) is 0 Å². The third-order valence-electron chi connectivity index (χ3n) is 3.82. The van der Waals surface area contributed by atoms with Crippen LogP contribution in [0.1, 0.15) is 18.9 Å². The van der Waals surface area contributed by atoms with Gasteiger partial charge in [0.25, 0.3) is 0 Å². The normalized spacial score (nSPS) is 27.1. The Bertz CT molecular complexity index is 443. The first kappa shape index (κ1) is 12.9. The van der Waals surface area contributed by atoms with Gasteiger partial charge in [0.2, 0.25) is 0 Å². The Hall–Kier alpha value is -1.55. The summed E-state index contributed by atoms with van der Waals surface area (Å²) < 4.78 is 10.7. The van der Waals surface area contributed by atoms with E-state index in [-0.39, 0.29) is 6.10 Å². The highest BCUT2D eigenvalue weighted by Gasteiger charge is 2.48. The molecule has 1 aromatic rings. The molecule has 0 spiro atoms. The molecule has 4 nitrogen and oxygen atoms in total. The van der Waals surface area contributed by atoms with Crippen molar-refractivity contribution < 1.29 is 19.4 Å². The van der Waals surface area contributed by atoms with E-state index in [2.05, 4.69) is 0 Å². The van der Waals surface area contributed by atoms with E-state index >= 15 is 0 Å². The molecule has 1 fully saturated rings. The average Bonchev–Trinajstić information content (AvgIpc) is 2.73. The van der Waals surface area contributed by atoms with Crippen LogP contribution in [0.3, 0.4) is 0 Å². The van der Waals surface area contributed by atoms with Crippen molar-refractivity contribution in [3.05, 3.63) is 29.8 Å². The van der Waals surface area contributed by atoms with Gasteiger partial charge >= 0.3 is 5.97 Å². The number of para-hydroxylation sites is 1. The van der Waals surface area contributed by atoms with Crippen LogP contribution in [0.4, 0.5) is 0 Å². The van der Waals surface area contributed by atoms with Gasteiger partial charge in [-0.1, -0.05) is 18.2 Å². The number of ether oxygens (including phenoxy) is 2. The summed E-state index contributed by atoms with van der Waals surface area (Å²) in [7, 11) is 1.60. The number of carbonyl (C=O) groups is 1. The highest BCUT2D eigenvalue weighted by atomic mass is 16.5. The third kappa shape index (κ3) is 2.08. The van der Waals surface area contributed by atoms with E-state index in [1.54, 1.807) is 7.11 Å². The van der Waals surface area contributed by atoms with Crippen LogP contribution in [-0.2, 0) is 16.0 Å². The lowest BCUT2D eigenvalue weighted by Crippen LogP contribution is -2.39. The monoisotopic (exact) mass is 250 g/mol. The predicted molar refractivity (Wildman–Crippen MR) is 66.8 cm³/mol. The van der Waals surface area contributed by atoms with Gasteiger partial charge in [-0.05, 0) is 31.4 Å². The van der Waals surface area contributed by atoms with Crippen LogP contribution >= 0.6 is 0 Å². The Morgan fingerprint density at radius 2 is 2.28 bits per heavy atom. The van der Waals surface area contributed by atoms with E-state index in [0.717, 1.165) is 11.3 Å². The molecule has 2 rings (SSSR count). The zero-order chi connectivity index (χ0) is 13.2. The molecule has 1 N–H and O–H groups in total. The molecule has 0 radical (unpaired) electrons. The van der Waals surface area contributed by atoms with Crippen LogP contribution in [-0.4, -0.2) is 30.9 Å². The lowest BCUT2D eigenvalue weighted by atomic mass is 9.76. The Kier molecular flexibility index (Phi) is 3.57. The molecule has 1 heterocycles. The van der Waals surface area contributed by atoms with Crippen LogP contribution in [0.5, 0.6) is 5.75 Å². The van der Waals surface area contributed by atoms with Crippen molar-refractivity contribution in [3.8, 4) is 5.75 Å². The lowest BCUT2D eigenvalue weighted by Gasteiger charge is -2.28. The maximum absolute atomic E-state index is 11.6. The van der Waals surface area contributed by atoms with Crippen molar-refractivity contribution >= 4 is 5.97 Å². The van der Waals surface area contributed by atoms with E-state index in [1.807, 2.05) is 31.2 Å². The zero-order valence-corrected chi connectivity index (χ0v) is 10.7. The standard InChI is InChI=1S/C14H18O4/c1-10-14(13(15)16,7-8-18-10)9-11-5-3-4-6-12(11)17-2/h3-6,10H,7-9H2,1-2H3,(H,15,16). The molecule has 1 aromatic carbocycles. The summed E-state index contributed by atoms with van der Waals surface area (Å²) in [6.07, 6.45) is 0.703. The van der Waals surface area contributed by atoms with Crippen LogP contribution in [0.15, 0.2) is 24.3 Å². The van der Waals surface area contributed by atoms with Gasteiger partial charge in [0, 0.05) is 6.61 Å². The Morgan fingerprint density at radius 3 is 2.83 bits per heavy atom. The summed E-state index contributed by atoms with van der Waals surface area (Å²) in [6.45, 7) is 2.33. The van der Waals surface area contributed by atoms with Crippen molar-refractivity contribution in [2.75, 3.05) is 13.7 Å². The number of carboxylic acid groups (broad SMARTS) is 1. The average molecular weight is 250 g/mol. The maximum Gasteiger partial charge on any atom is 0.312 e. The summed E-state index contributed by atoms with van der Waals surface area (Å²) in [6, 6.07) is 7.54. The third-order valence-corrected chi connectivity index (χ3v) is 3.82. The Balaban J connectivity index is 2.32. The van der Waals surface area contributed by atoms with Gasteiger partial charge in [0.05, 0.1) is 18.6 Å². The molecule has 1 aliphatic rings. The summed E-state index contributed by atoms with van der Waals surface area (Å²) in [4.78, 5) is 11.6. The first-order valence-corrected chi connectivity index (χ1v) is 6.07. The fraction of sp³-hybridized carbons (Fsp3) is 0.500. The van der Waals surface area contributed by atoms with Crippen molar-refractivity contribution in [2.24, 2.45) is 5.41 Å². The van der Waals surface area contributed by atoms with E-state index in [0.29, 0.717) is 19.4 Å². The minimum Gasteiger partial charge on any atom is -0.496 e. The minimum atomic E-state index is -0.839. The predicted octanol–water partition coefficient (Wildman–Crippen LogP) is 2.12. The molecule has 0 aromatic heterocycles. The molecule has 98 valence electrons. The number of carboxylic acids is 1. The Labute approximate surface area is 107 Å². The summed E-state index contributed by atoms with van der Waals surface area (Å²) in [5.41, 5.74) is 0.0778. The Morgan fingerprint density at radius 1 is 1.56 bits per heavy atom. The maximum atomic E-state index is 11.6. The van der Waals surface area contributed by atoms with Crippen LogP contribution in [0.2, 0.25) is 0 Å². The van der Waals surface area contributed by atoms with Crippen molar-refractivity contribution in [1.29, 1.82) is 0 Å². The lowest BCUT2D eigenvalue weighted by molar-refractivity contribution is -0.151. The summed E-state index contributed by atoms with van der Waals surface area (Å²) in [5, 5.41) is 9.54. The van der Waals surface area contributed by atoms with Crippen LogP contribution in [0.25, 0.3) is 0 Å². The van der Waals surface area contributed by atoms with Crippen molar-refractivity contribution in [1.82, 2.24) is 0 Å². The van der Waals surface area contributed by atoms with Gasteiger partial charge in [-0.15, -0.1) is 0 Å². The molecule has 2 atom stereocenters. The number of hydrogen-bond donors (Lipinski definition) is 1. The molecule has 0 amide bonds. The number of hydrogen-bond acceptors (Lipinski definition) is 3. The molecular formula is C14H18O4. The number of aliphatic carboxylic acids is 1. The van der Waals surface area contributed by atoms with Gasteiger partial charge in [-0.2, -0.15) is 0 Å². The number of benzene rings is 1. The second-order valence-electron chi connectivity index (χ2n) is 4.71. The smallest absolute Gasteiger partial charge is 0.312 e. The molecule has 1 saturated heterocycles. The van der Waals surface area contributed by atoms with E-state index in [1.165, 1.54) is 0 Å².